The maximum absolute atomic E-state index is 4.46. The highest BCUT2D eigenvalue weighted by Crippen LogP contribution is 2.25. The lowest BCUT2D eigenvalue weighted by molar-refractivity contribution is 0.377. The van der Waals surface area contributed by atoms with Crippen LogP contribution in [0.15, 0.2) is 12.4 Å². The number of aromatic nitrogens is 2. The molecule has 5 nitrogen and oxygen atoms in total. The molecule has 2 rings (SSSR count). The summed E-state index contributed by atoms with van der Waals surface area (Å²) in [5.74, 6) is 2.03. The maximum Gasteiger partial charge on any atom is 0.134 e. The summed E-state index contributed by atoms with van der Waals surface area (Å²) >= 11 is 0. The van der Waals surface area contributed by atoms with E-state index in [1.165, 1.54) is 0 Å². The third-order valence-electron chi connectivity index (χ3n) is 3.67. The third kappa shape index (κ3) is 3.15. The van der Waals surface area contributed by atoms with Crippen molar-refractivity contribution in [2.45, 2.75) is 32.7 Å². The Balaban J connectivity index is 2.22. The Bertz CT molecular complexity index is 418. The Morgan fingerprint density at radius 1 is 1.42 bits per heavy atom. The van der Waals surface area contributed by atoms with E-state index in [4.69, 9.17) is 0 Å². The summed E-state index contributed by atoms with van der Waals surface area (Å²) in [5.41, 5.74) is 0.0905. The van der Waals surface area contributed by atoms with Crippen LogP contribution in [-0.4, -0.2) is 48.7 Å². The molecule has 0 atom stereocenters. The van der Waals surface area contributed by atoms with Crippen molar-refractivity contribution >= 4 is 11.6 Å². The molecule has 1 N–H and O–H groups in total. The lowest BCUT2D eigenvalue weighted by Crippen LogP contribution is -2.58. The van der Waals surface area contributed by atoms with E-state index < -0.39 is 0 Å². The first kappa shape index (κ1) is 14.1. The molecule has 0 radical (unpaired) electrons. The van der Waals surface area contributed by atoms with Crippen LogP contribution in [0.25, 0.3) is 0 Å². The lowest BCUT2D eigenvalue weighted by Gasteiger charge is -2.43. The van der Waals surface area contributed by atoms with Gasteiger partial charge in [0.05, 0.1) is 0 Å². The molecule has 5 heteroatoms. The van der Waals surface area contributed by atoms with Gasteiger partial charge in [-0.3, -0.25) is 0 Å². The van der Waals surface area contributed by atoms with Crippen LogP contribution in [0.4, 0.5) is 11.6 Å². The molecule has 0 unspecified atom stereocenters. The molecule has 106 valence electrons. The highest BCUT2D eigenvalue weighted by atomic mass is 15.3. The second kappa shape index (κ2) is 5.74. The average Bonchev–Trinajstić information content (AvgIpc) is 2.38. The van der Waals surface area contributed by atoms with Gasteiger partial charge in [0.25, 0.3) is 0 Å². The molecule has 0 bridgehead atoms. The molecular weight excluding hydrogens is 238 g/mol. The molecule has 0 aromatic carbocycles. The van der Waals surface area contributed by atoms with Gasteiger partial charge in [-0.2, -0.15) is 0 Å². The molecule has 1 aliphatic heterocycles. The second-order valence-corrected chi connectivity index (χ2v) is 5.80. The van der Waals surface area contributed by atoms with Gasteiger partial charge in [-0.15, -0.1) is 0 Å². The first-order valence-corrected chi connectivity index (χ1v) is 7.06. The number of nitrogens with zero attached hydrogens (tertiary/aromatic N) is 4. The quantitative estimate of drug-likeness (QED) is 0.892. The van der Waals surface area contributed by atoms with Crippen molar-refractivity contribution in [3.8, 4) is 0 Å². The van der Waals surface area contributed by atoms with Gasteiger partial charge in [0.15, 0.2) is 0 Å². The molecule has 0 amide bonds. The molecule has 1 aliphatic rings. The van der Waals surface area contributed by atoms with Crippen LogP contribution in [0.3, 0.4) is 0 Å². The van der Waals surface area contributed by atoms with E-state index >= 15 is 0 Å². The number of rotatable bonds is 4. The predicted molar refractivity (Wildman–Crippen MR) is 79.9 cm³/mol. The topological polar surface area (TPSA) is 44.3 Å². The van der Waals surface area contributed by atoms with Gasteiger partial charge in [0.2, 0.25) is 0 Å². The smallest absolute Gasteiger partial charge is 0.134 e. The van der Waals surface area contributed by atoms with E-state index in [-0.39, 0.29) is 5.54 Å². The summed E-state index contributed by atoms with van der Waals surface area (Å²) in [6.45, 7) is 10.7. The standard InChI is InChI=1S/C14H25N5/c1-5-7-18(4)12-9-13(17-11-16-12)19-8-6-15-10-14(19,2)3/h9,11,15H,5-8,10H2,1-4H3. The monoisotopic (exact) mass is 263 g/mol. The molecule has 19 heavy (non-hydrogen) atoms. The molecular formula is C14H25N5. The van der Waals surface area contributed by atoms with Gasteiger partial charge in [-0.1, -0.05) is 6.92 Å². The molecule has 1 fully saturated rings. The molecule has 0 saturated carbocycles. The fourth-order valence-electron chi connectivity index (χ4n) is 2.55. The Morgan fingerprint density at radius 2 is 2.21 bits per heavy atom. The van der Waals surface area contributed by atoms with E-state index in [0.717, 1.165) is 44.2 Å². The van der Waals surface area contributed by atoms with Crippen molar-refractivity contribution < 1.29 is 0 Å². The predicted octanol–water partition coefficient (Wildman–Crippen LogP) is 1.51. The van der Waals surface area contributed by atoms with Crippen LogP contribution in [0.5, 0.6) is 0 Å². The zero-order chi connectivity index (χ0) is 13.9. The summed E-state index contributed by atoms with van der Waals surface area (Å²) in [7, 11) is 2.08. The zero-order valence-corrected chi connectivity index (χ0v) is 12.5. The Hall–Kier alpha value is -1.36. The summed E-state index contributed by atoms with van der Waals surface area (Å²) in [6.07, 6.45) is 2.80. The minimum absolute atomic E-state index is 0.0905. The van der Waals surface area contributed by atoms with Gasteiger partial charge >= 0.3 is 0 Å². The van der Waals surface area contributed by atoms with Gasteiger partial charge < -0.3 is 15.1 Å². The first-order valence-electron chi connectivity index (χ1n) is 7.06. The van der Waals surface area contributed by atoms with Gasteiger partial charge in [0, 0.05) is 44.8 Å². The van der Waals surface area contributed by atoms with E-state index in [0.29, 0.717) is 0 Å². The Morgan fingerprint density at radius 3 is 2.89 bits per heavy atom. The molecule has 0 aliphatic carbocycles. The Labute approximate surface area is 116 Å². The van der Waals surface area contributed by atoms with Crippen LogP contribution in [0.1, 0.15) is 27.2 Å². The molecule has 2 heterocycles. The fourth-order valence-corrected chi connectivity index (χ4v) is 2.55. The summed E-state index contributed by atoms with van der Waals surface area (Å²) in [4.78, 5) is 13.4. The van der Waals surface area contributed by atoms with E-state index in [1.54, 1.807) is 6.33 Å². The van der Waals surface area contributed by atoms with E-state index in [2.05, 4.69) is 59.0 Å². The van der Waals surface area contributed by atoms with E-state index in [1.807, 2.05) is 0 Å². The van der Waals surface area contributed by atoms with Gasteiger partial charge in [-0.25, -0.2) is 9.97 Å². The highest BCUT2D eigenvalue weighted by molar-refractivity contribution is 5.51. The highest BCUT2D eigenvalue weighted by Gasteiger charge is 2.30. The molecule has 1 aromatic heterocycles. The Kier molecular flexibility index (Phi) is 4.24. The summed E-state index contributed by atoms with van der Waals surface area (Å²) in [6, 6.07) is 2.10. The van der Waals surface area contributed by atoms with Crippen LogP contribution >= 0.6 is 0 Å². The van der Waals surface area contributed by atoms with Crippen molar-refractivity contribution in [3.63, 3.8) is 0 Å². The number of piperazine rings is 1. The van der Waals surface area contributed by atoms with Gasteiger partial charge in [-0.05, 0) is 20.3 Å². The van der Waals surface area contributed by atoms with Crippen LogP contribution in [-0.2, 0) is 0 Å². The second-order valence-electron chi connectivity index (χ2n) is 5.80. The third-order valence-corrected chi connectivity index (χ3v) is 3.67. The van der Waals surface area contributed by atoms with Crippen LogP contribution in [0, 0.1) is 0 Å². The average molecular weight is 263 g/mol. The van der Waals surface area contributed by atoms with Crippen molar-refractivity contribution in [3.05, 3.63) is 12.4 Å². The molecule has 0 spiro atoms. The SMILES string of the molecule is CCCN(C)c1cc(N2CCNCC2(C)C)ncn1. The maximum atomic E-state index is 4.46. The fraction of sp³-hybridized carbons (Fsp3) is 0.714. The summed E-state index contributed by atoms with van der Waals surface area (Å²) in [5, 5.41) is 3.44. The largest absolute Gasteiger partial charge is 0.360 e. The number of hydrogen-bond donors (Lipinski definition) is 1. The van der Waals surface area contributed by atoms with Crippen LogP contribution < -0.4 is 15.1 Å². The van der Waals surface area contributed by atoms with Crippen molar-refractivity contribution in [2.24, 2.45) is 0 Å². The number of hydrogen-bond acceptors (Lipinski definition) is 5. The summed E-state index contributed by atoms with van der Waals surface area (Å²) < 4.78 is 0. The van der Waals surface area contributed by atoms with Gasteiger partial charge in [0.1, 0.15) is 18.0 Å². The molecule has 1 aromatic rings. The minimum Gasteiger partial charge on any atom is -0.360 e. The van der Waals surface area contributed by atoms with Crippen LogP contribution in [0.2, 0.25) is 0 Å². The number of anilines is 2. The number of nitrogens with one attached hydrogen (secondary N) is 1. The normalized spacial score (nSPS) is 18.4. The zero-order valence-electron chi connectivity index (χ0n) is 12.5. The molecule has 1 saturated heterocycles. The van der Waals surface area contributed by atoms with Crippen molar-refractivity contribution in [2.75, 3.05) is 43.0 Å². The van der Waals surface area contributed by atoms with E-state index in [9.17, 15) is 0 Å². The lowest BCUT2D eigenvalue weighted by atomic mass is 10.0. The minimum atomic E-state index is 0.0905. The van der Waals surface area contributed by atoms with Crippen molar-refractivity contribution in [1.29, 1.82) is 0 Å². The first-order chi connectivity index (χ1) is 9.04. The van der Waals surface area contributed by atoms with Crippen molar-refractivity contribution in [1.82, 2.24) is 15.3 Å².